The van der Waals surface area contributed by atoms with Crippen LogP contribution < -0.4 is 4.74 Å². The van der Waals surface area contributed by atoms with Gasteiger partial charge < -0.3 is 9.64 Å². The Hall–Kier alpha value is -3.07. The maximum Gasteiger partial charge on any atom is 0.256 e. The van der Waals surface area contributed by atoms with Crippen molar-refractivity contribution >= 4 is 17.5 Å². The van der Waals surface area contributed by atoms with Crippen LogP contribution in [0.2, 0.25) is 5.02 Å². The Balaban J connectivity index is 1.84. The lowest BCUT2D eigenvalue weighted by Gasteiger charge is -2.41. The average molecular weight is 493 g/mol. The number of methoxy groups -OCH3 is 1. The molecule has 1 aliphatic heterocycles. The van der Waals surface area contributed by atoms with E-state index >= 15 is 0 Å². The summed E-state index contributed by atoms with van der Waals surface area (Å²) in [5, 5.41) is 4.76. The summed E-state index contributed by atoms with van der Waals surface area (Å²) < 4.78 is 48.3. The topological polar surface area (TPSA) is 60.2 Å². The van der Waals surface area contributed by atoms with Crippen LogP contribution in [-0.4, -0.2) is 38.7 Å². The van der Waals surface area contributed by atoms with Gasteiger partial charge in [-0.1, -0.05) is 25.4 Å². The Kier molecular flexibility index (Phi) is 6.58. The van der Waals surface area contributed by atoms with E-state index in [1.807, 2.05) is 13.8 Å². The van der Waals surface area contributed by atoms with Crippen LogP contribution in [0.4, 0.5) is 13.2 Å². The number of carbonyl (C=O) groups is 1. The summed E-state index contributed by atoms with van der Waals surface area (Å²) in [4.78, 5) is 19.5. The third kappa shape index (κ3) is 3.81. The predicted octanol–water partition coefficient (Wildman–Crippen LogP) is 5.49. The fourth-order valence-electron chi connectivity index (χ4n) is 4.74. The molecular weight excluding hydrogens is 469 g/mol. The number of fused-ring (bicyclic) bond motifs is 1. The summed E-state index contributed by atoms with van der Waals surface area (Å²) in [5.41, 5.74) is 2.39. The summed E-state index contributed by atoms with van der Waals surface area (Å²) in [5.74, 6) is -4.16. The molecule has 180 valence electrons. The molecule has 0 saturated carbocycles. The van der Waals surface area contributed by atoms with Gasteiger partial charge in [0.15, 0.2) is 17.5 Å². The van der Waals surface area contributed by atoms with Crippen LogP contribution in [0.1, 0.15) is 54.3 Å². The van der Waals surface area contributed by atoms with E-state index in [0.717, 1.165) is 17.7 Å². The van der Waals surface area contributed by atoms with E-state index in [1.54, 1.807) is 18.0 Å². The van der Waals surface area contributed by atoms with Gasteiger partial charge in [-0.15, -0.1) is 0 Å². The first-order chi connectivity index (χ1) is 16.2. The Bertz CT molecular complexity index is 1240. The van der Waals surface area contributed by atoms with Gasteiger partial charge in [0.05, 0.1) is 30.1 Å². The van der Waals surface area contributed by atoms with Gasteiger partial charge >= 0.3 is 0 Å². The van der Waals surface area contributed by atoms with Gasteiger partial charge in [-0.25, -0.2) is 18.2 Å². The van der Waals surface area contributed by atoms with Crippen molar-refractivity contribution in [2.24, 2.45) is 7.05 Å². The number of hydrogen-bond acceptors (Lipinski definition) is 4. The number of nitrogens with zero attached hydrogens (tertiary/aromatic N) is 4. The molecule has 6 nitrogen and oxygen atoms in total. The second-order valence-corrected chi connectivity index (χ2v) is 8.55. The van der Waals surface area contributed by atoms with Crippen molar-refractivity contribution in [2.45, 2.75) is 45.2 Å². The van der Waals surface area contributed by atoms with Crippen molar-refractivity contribution in [1.29, 1.82) is 0 Å². The molecule has 1 aliphatic rings. The van der Waals surface area contributed by atoms with Gasteiger partial charge in [0.25, 0.3) is 5.91 Å². The highest BCUT2D eigenvalue weighted by atomic mass is 35.5. The minimum Gasteiger partial charge on any atom is -0.480 e. The molecule has 4 rings (SSSR count). The number of amides is 1. The zero-order chi connectivity index (χ0) is 24.7. The molecule has 10 heteroatoms. The maximum atomic E-state index is 14.0. The SMILES string of the molecule is CC[C@H]1Cc2c(nn(C)c2-c2cc(F)c(F)c(F)c2)[C@@H](CC)N1C(=O)c1ccnc(OC)c1Cl. The second-order valence-electron chi connectivity index (χ2n) is 8.17. The highest BCUT2D eigenvalue weighted by molar-refractivity contribution is 6.35. The molecule has 2 aromatic heterocycles. The minimum atomic E-state index is -1.51. The molecule has 0 radical (unpaired) electrons. The smallest absolute Gasteiger partial charge is 0.256 e. The van der Waals surface area contributed by atoms with E-state index in [-0.39, 0.29) is 34.0 Å². The lowest BCUT2D eigenvalue weighted by Crippen LogP contribution is -2.47. The molecule has 0 aliphatic carbocycles. The fraction of sp³-hybridized carbons (Fsp3) is 0.375. The molecule has 0 fully saturated rings. The normalized spacial score (nSPS) is 17.6. The zero-order valence-corrected chi connectivity index (χ0v) is 20.0. The largest absolute Gasteiger partial charge is 0.480 e. The Labute approximate surface area is 200 Å². The van der Waals surface area contributed by atoms with Crippen molar-refractivity contribution in [3.8, 4) is 17.1 Å². The van der Waals surface area contributed by atoms with Crippen LogP contribution in [0.5, 0.6) is 5.88 Å². The van der Waals surface area contributed by atoms with Gasteiger partial charge in [-0.2, -0.15) is 5.10 Å². The lowest BCUT2D eigenvalue weighted by molar-refractivity contribution is 0.0512. The van der Waals surface area contributed by atoms with Crippen molar-refractivity contribution in [2.75, 3.05) is 7.11 Å². The van der Waals surface area contributed by atoms with Crippen LogP contribution in [0.3, 0.4) is 0 Å². The van der Waals surface area contributed by atoms with E-state index in [1.165, 1.54) is 18.0 Å². The summed E-state index contributed by atoms with van der Waals surface area (Å²) in [6.45, 7) is 3.90. The van der Waals surface area contributed by atoms with Gasteiger partial charge in [0.1, 0.15) is 5.02 Å². The Morgan fingerprint density at radius 3 is 2.47 bits per heavy atom. The number of hydrogen-bond donors (Lipinski definition) is 0. The summed E-state index contributed by atoms with van der Waals surface area (Å²) in [7, 11) is 3.09. The number of rotatable bonds is 5. The molecule has 1 amide bonds. The first-order valence-corrected chi connectivity index (χ1v) is 11.3. The summed E-state index contributed by atoms with van der Waals surface area (Å²) >= 11 is 6.40. The number of ether oxygens (including phenoxy) is 1. The number of halogens is 4. The van der Waals surface area contributed by atoms with E-state index < -0.39 is 23.5 Å². The fourth-order valence-corrected chi connectivity index (χ4v) is 5.01. The third-order valence-electron chi connectivity index (χ3n) is 6.29. The third-order valence-corrected chi connectivity index (χ3v) is 6.66. The first-order valence-electron chi connectivity index (χ1n) is 10.9. The van der Waals surface area contributed by atoms with Crippen LogP contribution in [0.25, 0.3) is 11.3 Å². The molecule has 0 saturated heterocycles. The van der Waals surface area contributed by atoms with Gasteiger partial charge in [0, 0.05) is 30.4 Å². The molecule has 0 N–H and O–H groups in total. The molecule has 3 heterocycles. The Morgan fingerprint density at radius 2 is 1.88 bits per heavy atom. The molecule has 1 aromatic carbocycles. The molecule has 0 bridgehead atoms. The van der Waals surface area contributed by atoms with E-state index in [4.69, 9.17) is 16.3 Å². The summed E-state index contributed by atoms with van der Waals surface area (Å²) in [6, 6.07) is 2.87. The highest BCUT2D eigenvalue weighted by Crippen LogP contribution is 2.42. The number of aryl methyl sites for hydroxylation is 1. The molecule has 2 atom stereocenters. The summed E-state index contributed by atoms with van der Waals surface area (Å²) in [6.07, 6.45) is 3.06. The van der Waals surface area contributed by atoms with Crippen molar-refractivity contribution in [3.63, 3.8) is 0 Å². The lowest BCUT2D eigenvalue weighted by atomic mass is 9.87. The highest BCUT2D eigenvalue weighted by Gasteiger charge is 2.40. The number of benzene rings is 1. The molecular formula is C24H24ClF3N4O2. The molecule has 3 aromatic rings. The van der Waals surface area contributed by atoms with Crippen LogP contribution in [0, 0.1) is 17.5 Å². The number of pyridine rings is 1. The molecule has 0 spiro atoms. The van der Waals surface area contributed by atoms with Crippen molar-refractivity contribution in [1.82, 2.24) is 19.7 Å². The van der Waals surface area contributed by atoms with Gasteiger partial charge in [-0.05, 0) is 37.5 Å². The van der Waals surface area contributed by atoms with Crippen LogP contribution in [-0.2, 0) is 13.5 Å². The quantitative estimate of drug-likeness (QED) is 0.442. The van der Waals surface area contributed by atoms with Crippen LogP contribution in [0.15, 0.2) is 24.4 Å². The second kappa shape index (κ2) is 9.29. The molecule has 0 unspecified atom stereocenters. The van der Waals surface area contributed by atoms with E-state index in [0.29, 0.717) is 30.7 Å². The van der Waals surface area contributed by atoms with E-state index in [9.17, 15) is 18.0 Å². The maximum absolute atomic E-state index is 14.0. The van der Waals surface area contributed by atoms with Crippen molar-refractivity contribution in [3.05, 3.63) is 63.7 Å². The first kappa shape index (κ1) is 24.1. The standard InChI is InChI=1S/C24H24ClF3N4O2/c1-5-13-11-15-21(30-31(3)22(15)12-9-16(26)20(28)17(27)10-12)18(6-2)32(13)24(33)14-7-8-29-23(34-4)19(14)25/h7-10,13,18H,5-6,11H2,1-4H3/t13-,18+/m0/s1. The van der Waals surface area contributed by atoms with Gasteiger partial charge in [0.2, 0.25) is 5.88 Å². The van der Waals surface area contributed by atoms with E-state index in [2.05, 4.69) is 10.1 Å². The minimum absolute atomic E-state index is 0.129. The number of aromatic nitrogens is 3. The molecule has 34 heavy (non-hydrogen) atoms. The monoisotopic (exact) mass is 492 g/mol. The number of carbonyl (C=O) groups excluding carboxylic acids is 1. The van der Waals surface area contributed by atoms with Crippen LogP contribution >= 0.6 is 11.6 Å². The average Bonchev–Trinajstić information content (AvgIpc) is 3.15. The van der Waals surface area contributed by atoms with Gasteiger partial charge in [-0.3, -0.25) is 9.48 Å². The van der Waals surface area contributed by atoms with Crippen molar-refractivity contribution < 1.29 is 22.7 Å². The predicted molar refractivity (Wildman–Crippen MR) is 121 cm³/mol. The zero-order valence-electron chi connectivity index (χ0n) is 19.2. The Morgan fingerprint density at radius 1 is 1.21 bits per heavy atom.